The molecule has 2 aromatic heterocycles. The third-order valence-corrected chi connectivity index (χ3v) is 8.30. The Labute approximate surface area is 253 Å². The van der Waals surface area contributed by atoms with Crippen LogP contribution in [0.1, 0.15) is 60.6 Å². The van der Waals surface area contributed by atoms with Crippen molar-refractivity contribution in [1.29, 1.82) is 0 Å². The molecule has 3 N–H and O–H groups in total. The molecule has 43 heavy (non-hydrogen) atoms. The van der Waals surface area contributed by atoms with Gasteiger partial charge in [-0.1, -0.05) is 12.1 Å². The van der Waals surface area contributed by atoms with E-state index in [1.165, 1.54) is 5.56 Å². The van der Waals surface area contributed by atoms with Gasteiger partial charge in [-0.15, -0.1) is 0 Å². The first-order valence-corrected chi connectivity index (χ1v) is 14.9. The molecule has 0 spiro atoms. The number of aliphatic hydroxyl groups is 1. The number of hydrogen-bond acceptors (Lipinski definition) is 6. The maximum Gasteiger partial charge on any atom is 0.325 e. The van der Waals surface area contributed by atoms with Crippen LogP contribution in [-0.2, 0) is 0 Å². The molecule has 9 nitrogen and oxygen atoms in total. The van der Waals surface area contributed by atoms with Crippen molar-refractivity contribution in [3.05, 3.63) is 83.7 Å². The fourth-order valence-electron chi connectivity index (χ4n) is 5.78. The van der Waals surface area contributed by atoms with Crippen molar-refractivity contribution in [2.75, 3.05) is 43.9 Å². The van der Waals surface area contributed by atoms with E-state index in [0.29, 0.717) is 30.3 Å². The molecule has 226 valence electrons. The normalized spacial score (nSPS) is 14.6. The number of anilines is 3. The number of fused-ring (bicyclic) bond motifs is 1. The van der Waals surface area contributed by atoms with Crippen molar-refractivity contribution in [3.8, 4) is 0 Å². The summed E-state index contributed by atoms with van der Waals surface area (Å²) < 4.78 is 1.65. The van der Waals surface area contributed by atoms with E-state index in [2.05, 4.69) is 44.6 Å². The van der Waals surface area contributed by atoms with Crippen molar-refractivity contribution in [2.45, 2.75) is 51.6 Å². The molecule has 9 heteroatoms. The van der Waals surface area contributed by atoms with Crippen LogP contribution in [0, 0.1) is 6.92 Å². The monoisotopic (exact) mass is 582 g/mol. The zero-order valence-corrected chi connectivity index (χ0v) is 25.7. The summed E-state index contributed by atoms with van der Waals surface area (Å²) in [6, 6.07) is 19.4. The second-order valence-electron chi connectivity index (χ2n) is 12.2. The molecule has 4 aromatic rings. The van der Waals surface area contributed by atoms with Crippen molar-refractivity contribution >= 4 is 40.0 Å². The summed E-state index contributed by atoms with van der Waals surface area (Å²) in [5.41, 5.74) is 4.38. The molecular formula is C34H42N6O3. The quantitative estimate of drug-likeness (QED) is 0.239. The lowest BCUT2D eigenvalue weighted by Crippen LogP contribution is -2.29. The van der Waals surface area contributed by atoms with Crippen LogP contribution in [0.3, 0.4) is 0 Å². The van der Waals surface area contributed by atoms with Gasteiger partial charge in [0.2, 0.25) is 0 Å². The molecule has 0 saturated carbocycles. The van der Waals surface area contributed by atoms with Gasteiger partial charge in [-0.3, -0.25) is 9.36 Å². The van der Waals surface area contributed by atoms with Crippen LogP contribution in [0.2, 0.25) is 0 Å². The first-order valence-electron chi connectivity index (χ1n) is 14.9. The molecule has 0 bridgehead atoms. The lowest BCUT2D eigenvalue weighted by atomic mass is 9.89. The maximum absolute atomic E-state index is 13.2. The standard InChI is InChI=1S/C34H42N6O3/c1-23-20-27-21-28(10-11-30(27)40(23)33(42)35-4)39(19-15-34(2,3)43)29-12-16-36-31(22-29)37-32(41)26-8-6-24(7-9-26)25-13-17-38(5)18-14-25/h6-12,16,20-22,25,43H,13-15,17-19H2,1-5H3,(H,35,42)(H,36,37,41). The third kappa shape index (κ3) is 7.06. The third-order valence-electron chi connectivity index (χ3n) is 8.30. The Morgan fingerprint density at radius 2 is 1.72 bits per heavy atom. The van der Waals surface area contributed by atoms with Crippen LogP contribution in [-0.4, -0.2) is 70.8 Å². The highest BCUT2D eigenvalue weighted by Crippen LogP contribution is 2.32. The summed E-state index contributed by atoms with van der Waals surface area (Å²) >= 11 is 0. The van der Waals surface area contributed by atoms with Gasteiger partial charge in [0, 0.05) is 53.9 Å². The van der Waals surface area contributed by atoms with E-state index >= 15 is 0 Å². The number of nitrogens with zero attached hydrogens (tertiary/aromatic N) is 4. The molecule has 1 aliphatic heterocycles. The SMILES string of the molecule is CNC(=O)n1c(C)cc2cc(N(CCC(C)(C)O)c3ccnc(NC(=O)c4ccc(C5CCN(C)CC5)cc4)c3)ccc21. The van der Waals surface area contributed by atoms with Gasteiger partial charge in [0.05, 0.1) is 11.1 Å². The van der Waals surface area contributed by atoms with Crippen molar-refractivity contribution < 1.29 is 14.7 Å². The van der Waals surface area contributed by atoms with Gasteiger partial charge in [-0.05, 0) is 114 Å². The van der Waals surface area contributed by atoms with Gasteiger partial charge in [0.25, 0.3) is 5.91 Å². The van der Waals surface area contributed by atoms with E-state index in [1.54, 1.807) is 31.7 Å². The van der Waals surface area contributed by atoms with Gasteiger partial charge in [0.1, 0.15) is 5.82 Å². The molecular weight excluding hydrogens is 540 g/mol. The summed E-state index contributed by atoms with van der Waals surface area (Å²) in [6.07, 6.45) is 4.46. The number of nitrogens with one attached hydrogen (secondary N) is 2. The molecule has 1 fully saturated rings. The van der Waals surface area contributed by atoms with Gasteiger partial charge < -0.3 is 25.5 Å². The largest absolute Gasteiger partial charge is 0.390 e. The van der Waals surface area contributed by atoms with Crippen LogP contribution in [0.25, 0.3) is 10.9 Å². The van der Waals surface area contributed by atoms with Gasteiger partial charge in [-0.25, -0.2) is 9.78 Å². The zero-order chi connectivity index (χ0) is 30.7. The van der Waals surface area contributed by atoms with E-state index in [9.17, 15) is 14.7 Å². The Balaban J connectivity index is 1.38. The molecule has 2 amide bonds. The number of aromatic nitrogens is 2. The number of piperidine rings is 1. The molecule has 2 aromatic carbocycles. The highest BCUT2D eigenvalue weighted by Gasteiger charge is 2.21. The minimum absolute atomic E-state index is 0.190. The van der Waals surface area contributed by atoms with Crippen LogP contribution in [0.15, 0.2) is 66.9 Å². The van der Waals surface area contributed by atoms with Crippen LogP contribution in [0.4, 0.5) is 22.0 Å². The Bertz CT molecular complexity index is 1600. The summed E-state index contributed by atoms with van der Waals surface area (Å²) in [5.74, 6) is 0.764. The predicted molar refractivity (Wildman–Crippen MR) is 173 cm³/mol. The van der Waals surface area contributed by atoms with Crippen molar-refractivity contribution in [3.63, 3.8) is 0 Å². The summed E-state index contributed by atoms with van der Waals surface area (Å²) in [5, 5.41) is 17.1. The molecule has 0 aliphatic carbocycles. The Morgan fingerprint density at radius 1 is 1.02 bits per heavy atom. The molecule has 1 saturated heterocycles. The van der Waals surface area contributed by atoms with Crippen LogP contribution >= 0.6 is 0 Å². The van der Waals surface area contributed by atoms with Crippen LogP contribution in [0.5, 0.6) is 0 Å². The number of amides is 2. The summed E-state index contributed by atoms with van der Waals surface area (Å²) in [6.45, 7) is 8.20. The second-order valence-corrected chi connectivity index (χ2v) is 12.2. The Morgan fingerprint density at radius 3 is 2.40 bits per heavy atom. The van der Waals surface area contributed by atoms with Crippen LogP contribution < -0.4 is 15.5 Å². The fraction of sp³-hybridized carbons (Fsp3) is 0.382. The number of hydrogen-bond donors (Lipinski definition) is 3. The number of rotatable bonds is 8. The van der Waals surface area contributed by atoms with Gasteiger partial charge in [0.15, 0.2) is 0 Å². The number of pyridine rings is 1. The van der Waals surface area contributed by atoms with E-state index in [-0.39, 0.29) is 11.9 Å². The summed E-state index contributed by atoms with van der Waals surface area (Å²) in [4.78, 5) is 34.5. The molecule has 5 rings (SSSR count). The fourth-order valence-corrected chi connectivity index (χ4v) is 5.78. The Hall–Kier alpha value is -4.21. The highest BCUT2D eigenvalue weighted by molar-refractivity contribution is 6.04. The number of likely N-dealkylation sites (tertiary alicyclic amines) is 1. The average Bonchev–Trinajstić information content (AvgIpc) is 3.32. The molecule has 3 heterocycles. The minimum atomic E-state index is -0.870. The van der Waals surface area contributed by atoms with Crippen molar-refractivity contribution in [1.82, 2.24) is 19.8 Å². The number of carbonyl (C=O) groups is 2. The molecule has 0 atom stereocenters. The number of benzene rings is 2. The highest BCUT2D eigenvalue weighted by atomic mass is 16.3. The molecule has 0 unspecified atom stereocenters. The average molecular weight is 583 g/mol. The lowest BCUT2D eigenvalue weighted by Gasteiger charge is -2.29. The first-order chi connectivity index (χ1) is 20.5. The molecule has 1 aliphatic rings. The molecule has 0 radical (unpaired) electrons. The first kappa shape index (κ1) is 30.3. The van der Waals surface area contributed by atoms with E-state index in [0.717, 1.165) is 53.9 Å². The maximum atomic E-state index is 13.2. The predicted octanol–water partition coefficient (Wildman–Crippen LogP) is 5.89. The van der Waals surface area contributed by atoms with Crippen molar-refractivity contribution in [2.24, 2.45) is 0 Å². The smallest absolute Gasteiger partial charge is 0.325 e. The van der Waals surface area contributed by atoms with E-state index in [4.69, 9.17) is 0 Å². The van der Waals surface area contributed by atoms with E-state index in [1.807, 2.05) is 55.5 Å². The van der Waals surface area contributed by atoms with Gasteiger partial charge in [-0.2, -0.15) is 0 Å². The number of aryl methyl sites for hydroxylation is 1. The topological polar surface area (TPSA) is 103 Å². The number of carbonyl (C=O) groups excluding carboxylic acids is 2. The Kier molecular flexibility index (Phi) is 8.84. The lowest BCUT2D eigenvalue weighted by molar-refractivity contribution is 0.0737. The second kappa shape index (κ2) is 12.6. The van der Waals surface area contributed by atoms with E-state index < -0.39 is 5.60 Å². The zero-order valence-electron chi connectivity index (χ0n) is 25.7. The summed E-state index contributed by atoms with van der Waals surface area (Å²) in [7, 11) is 3.77. The van der Waals surface area contributed by atoms with Gasteiger partial charge >= 0.3 is 6.03 Å². The minimum Gasteiger partial charge on any atom is -0.390 e.